The summed E-state index contributed by atoms with van der Waals surface area (Å²) in [5, 5.41) is 0. The molecule has 2 aliphatic carbocycles. The lowest BCUT2D eigenvalue weighted by Gasteiger charge is -2.29. The fraction of sp³-hybridized carbons (Fsp3) is 0.426. The Balaban J connectivity index is 1.16. The molecule has 0 heterocycles. The van der Waals surface area contributed by atoms with Crippen molar-refractivity contribution in [1.82, 2.24) is 0 Å². The molecule has 2 fully saturated rings. The standard InChI is InChI=1S/C47H54O10/c1-4-43(48)54-29-7-9-32-11-15-34(16-12-32)36-19-23-38(24-20-36)46(51)56-41-28-27-40(45(50)53-6-3)31-42(41)57-47(52)39-25-21-37(22-26-39)35-17-13-33(14-18-35)10-8-30-55-44(49)5-2/h4-5,19-28,31-35H,1-2,6-18,29-30H2,3H3/t32-,33?,34-,35?. The normalized spacial score (nSPS) is 19.0. The van der Waals surface area contributed by atoms with Crippen LogP contribution in [-0.4, -0.2) is 49.7 Å². The van der Waals surface area contributed by atoms with Gasteiger partial charge in [-0.1, -0.05) is 37.4 Å². The van der Waals surface area contributed by atoms with E-state index in [2.05, 4.69) is 13.2 Å². The lowest BCUT2D eigenvalue weighted by molar-refractivity contribution is -0.138. The van der Waals surface area contributed by atoms with Crippen molar-refractivity contribution in [3.63, 3.8) is 0 Å². The van der Waals surface area contributed by atoms with Gasteiger partial charge in [-0.25, -0.2) is 24.0 Å². The molecule has 0 atom stereocenters. The van der Waals surface area contributed by atoms with E-state index in [1.807, 2.05) is 24.3 Å². The Bertz CT molecular complexity index is 1850. The summed E-state index contributed by atoms with van der Waals surface area (Å²) in [6.45, 7) is 9.53. The number of hydrogen-bond donors (Lipinski definition) is 0. The van der Waals surface area contributed by atoms with Crippen molar-refractivity contribution in [3.8, 4) is 11.5 Å². The monoisotopic (exact) mass is 778 g/mol. The van der Waals surface area contributed by atoms with Crippen molar-refractivity contribution in [3.05, 3.63) is 120 Å². The average molecular weight is 779 g/mol. The maximum Gasteiger partial charge on any atom is 0.343 e. The number of ether oxygens (including phenoxy) is 5. The van der Waals surface area contributed by atoms with Gasteiger partial charge in [-0.3, -0.25) is 0 Å². The Hall–Kier alpha value is -5.51. The van der Waals surface area contributed by atoms with Crippen molar-refractivity contribution < 1.29 is 47.7 Å². The minimum absolute atomic E-state index is 0.00435. The molecule has 0 saturated heterocycles. The zero-order valence-electron chi connectivity index (χ0n) is 32.9. The largest absolute Gasteiger partial charge is 0.463 e. The van der Waals surface area contributed by atoms with Crippen LogP contribution in [0.1, 0.15) is 138 Å². The zero-order valence-corrected chi connectivity index (χ0v) is 32.9. The topological polar surface area (TPSA) is 132 Å². The molecule has 2 saturated carbocycles. The molecule has 3 aromatic rings. The highest BCUT2D eigenvalue weighted by atomic mass is 16.6. The van der Waals surface area contributed by atoms with Gasteiger partial charge in [0.25, 0.3) is 0 Å². The summed E-state index contributed by atoms with van der Waals surface area (Å²) in [6, 6.07) is 19.0. The Morgan fingerprint density at radius 2 is 0.965 bits per heavy atom. The van der Waals surface area contributed by atoms with Gasteiger partial charge in [-0.2, -0.15) is 0 Å². The average Bonchev–Trinajstić information content (AvgIpc) is 3.24. The van der Waals surface area contributed by atoms with Crippen LogP contribution in [0.15, 0.2) is 92.0 Å². The van der Waals surface area contributed by atoms with Crippen LogP contribution in [-0.2, 0) is 23.8 Å². The van der Waals surface area contributed by atoms with E-state index < -0.39 is 17.9 Å². The molecule has 0 N–H and O–H groups in total. The highest BCUT2D eigenvalue weighted by molar-refractivity contribution is 5.95. The summed E-state index contributed by atoms with van der Waals surface area (Å²) >= 11 is 0. The van der Waals surface area contributed by atoms with Crippen LogP contribution in [0.5, 0.6) is 11.5 Å². The first-order chi connectivity index (χ1) is 27.7. The Morgan fingerprint density at radius 3 is 1.39 bits per heavy atom. The first kappa shape index (κ1) is 42.6. The number of hydrogen-bond acceptors (Lipinski definition) is 10. The second-order valence-corrected chi connectivity index (χ2v) is 14.9. The second-order valence-electron chi connectivity index (χ2n) is 14.9. The molecule has 0 radical (unpaired) electrons. The third kappa shape index (κ3) is 12.8. The molecule has 0 spiro atoms. The summed E-state index contributed by atoms with van der Waals surface area (Å²) in [5.41, 5.74) is 3.13. The Morgan fingerprint density at radius 1 is 0.544 bits per heavy atom. The summed E-state index contributed by atoms with van der Waals surface area (Å²) in [5.74, 6) is -0.742. The molecule has 0 bridgehead atoms. The summed E-state index contributed by atoms with van der Waals surface area (Å²) in [7, 11) is 0. The Labute approximate surface area is 335 Å². The fourth-order valence-electron chi connectivity index (χ4n) is 7.89. The van der Waals surface area contributed by atoms with E-state index in [9.17, 15) is 24.0 Å². The van der Waals surface area contributed by atoms with Crippen molar-refractivity contribution in [2.75, 3.05) is 19.8 Å². The fourth-order valence-corrected chi connectivity index (χ4v) is 7.89. The molecule has 5 rings (SSSR count). The van der Waals surface area contributed by atoms with E-state index in [4.69, 9.17) is 23.7 Å². The van der Waals surface area contributed by atoms with Crippen molar-refractivity contribution in [2.45, 2.75) is 95.8 Å². The van der Waals surface area contributed by atoms with Crippen LogP contribution in [0.4, 0.5) is 0 Å². The molecule has 0 aliphatic heterocycles. The summed E-state index contributed by atoms with van der Waals surface area (Å²) < 4.78 is 26.9. The van der Waals surface area contributed by atoms with Gasteiger partial charge in [0.05, 0.1) is 36.5 Å². The first-order valence-electron chi connectivity index (χ1n) is 20.2. The third-order valence-corrected chi connectivity index (χ3v) is 11.1. The van der Waals surface area contributed by atoms with E-state index in [1.54, 1.807) is 31.2 Å². The first-order valence-corrected chi connectivity index (χ1v) is 20.2. The molecule has 302 valence electrons. The third-order valence-electron chi connectivity index (χ3n) is 11.1. The maximum absolute atomic E-state index is 13.4. The van der Waals surface area contributed by atoms with Gasteiger partial charge in [-0.15, -0.1) is 0 Å². The van der Waals surface area contributed by atoms with Gasteiger partial charge in [0, 0.05) is 12.2 Å². The lowest BCUT2D eigenvalue weighted by atomic mass is 9.77. The molecular formula is C47H54O10. The van der Waals surface area contributed by atoms with Gasteiger partial charge in [0.15, 0.2) is 11.5 Å². The summed E-state index contributed by atoms with van der Waals surface area (Å²) in [4.78, 5) is 61.9. The number of esters is 5. The summed E-state index contributed by atoms with van der Waals surface area (Å²) in [6.07, 6.45) is 14.6. The molecular weight excluding hydrogens is 725 g/mol. The molecule has 0 amide bonds. The smallest absolute Gasteiger partial charge is 0.343 e. The molecule has 3 aromatic carbocycles. The molecule has 2 aliphatic rings. The predicted octanol–water partition coefficient (Wildman–Crippen LogP) is 9.87. The van der Waals surface area contributed by atoms with E-state index in [0.29, 0.717) is 48.0 Å². The van der Waals surface area contributed by atoms with Gasteiger partial charge < -0.3 is 23.7 Å². The molecule has 0 aromatic heterocycles. The van der Waals surface area contributed by atoms with Crippen LogP contribution in [0.3, 0.4) is 0 Å². The number of carbonyl (C=O) groups excluding carboxylic acids is 5. The van der Waals surface area contributed by atoms with Crippen molar-refractivity contribution in [2.24, 2.45) is 11.8 Å². The van der Waals surface area contributed by atoms with Gasteiger partial charge in [-0.05, 0) is 161 Å². The SMILES string of the molecule is C=CC(=O)OCCCC1CCC(c2ccc(C(=O)Oc3cc(C(=O)OCC)ccc3OC(=O)c3ccc([C@H]4CC[C@H](CCCOC(=O)C=C)CC4)cc3)cc2)CC1. The van der Waals surface area contributed by atoms with Crippen LogP contribution in [0.25, 0.3) is 0 Å². The van der Waals surface area contributed by atoms with Crippen molar-refractivity contribution >= 4 is 29.8 Å². The minimum atomic E-state index is -0.657. The van der Waals surface area contributed by atoms with E-state index in [0.717, 1.165) is 88.2 Å². The maximum atomic E-state index is 13.4. The molecule has 10 heteroatoms. The minimum Gasteiger partial charge on any atom is -0.463 e. The van der Waals surface area contributed by atoms with E-state index in [-0.39, 0.29) is 35.6 Å². The zero-order chi connectivity index (χ0) is 40.6. The van der Waals surface area contributed by atoms with Crippen LogP contribution >= 0.6 is 0 Å². The van der Waals surface area contributed by atoms with Crippen molar-refractivity contribution in [1.29, 1.82) is 0 Å². The quantitative estimate of drug-likeness (QED) is 0.0404. The van der Waals surface area contributed by atoms with Crippen LogP contribution < -0.4 is 9.47 Å². The van der Waals surface area contributed by atoms with Gasteiger partial charge >= 0.3 is 29.8 Å². The van der Waals surface area contributed by atoms with Crippen LogP contribution in [0.2, 0.25) is 0 Å². The highest BCUT2D eigenvalue weighted by Crippen LogP contribution is 2.39. The molecule has 10 nitrogen and oxygen atoms in total. The number of benzene rings is 3. The van der Waals surface area contributed by atoms with E-state index in [1.165, 1.54) is 30.4 Å². The number of carbonyl (C=O) groups is 5. The number of rotatable bonds is 18. The molecule has 57 heavy (non-hydrogen) atoms. The van der Waals surface area contributed by atoms with E-state index >= 15 is 0 Å². The predicted molar refractivity (Wildman–Crippen MR) is 215 cm³/mol. The van der Waals surface area contributed by atoms with Crippen LogP contribution in [0, 0.1) is 11.8 Å². The highest BCUT2D eigenvalue weighted by Gasteiger charge is 2.25. The molecule has 0 unspecified atom stereocenters. The second kappa shape index (κ2) is 21.7. The van der Waals surface area contributed by atoms with Gasteiger partial charge in [0.1, 0.15) is 0 Å². The lowest BCUT2D eigenvalue weighted by Crippen LogP contribution is -2.15. The van der Waals surface area contributed by atoms with Gasteiger partial charge in [0.2, 0.25) is 0 Å². The Kier molecular flexibility index (Phi) is 16.2.